The summed E-state index contributed by atoms with van der Waals surface area (Å²) in [5.74, 6) is 0.561. The average molecular weight is 237 g/mol. The first-order chi connectivity index (χ1) is 5.65. The fraction of sp³-hybridized carbons (Fsp3) is 0.250. The van der Waals surface area contributed by atoms with E-state index in [9.17, 15) is 8.78 Å². The Kier molecular flexibility index (Phi) is 3.03. The minimum atomic E-state index is -2.45. The molecule has 0 radical (unpaired) electrons. The molecule has 0 spiro atoms. The van der Waals surface area contributed by atoms with Gasteiger partial charge in [0.1, 0.15) is 5.75 Å². The van der Waals surface area contributed by atoms with Crippen molar-refractivity contribution < 1.29 is 13.5 Å². The van der Waals surface area contributed by atoms with Crippen molar-refractivity contribution in [3.63, 3.8) is 0 Å². The Morgan fingerprint density at radius 1 is 1.42 bits per heavy atom. The van der Waals surface area contributed by atoms with Crippen molar-refractivity contribution in [1.82, 2.24) is 0 Å². The van der Waals surface area contributed by atoms with Crippen molar-refractivity contribution in [3.8, 4) is 5.75 Å². The zero-order chi connectivity index (χ0) is 9.14. The lowest BCUT2D eigenvalue weighted by Gasteiger charge is -2.04. The third-order valence-corrected chi connectivity index (χ3v) is 2.13. The molecule has 0 N–H and O–H groups in total. The van der Waals surface area contributed by atoms with Gasteiger partial charge in [-0.05, 0) is 18.2 Å². The maximum absolute atomic E-state index is 12.2. The Balaban J connectivity index is 3.03. The number of ether oxygens (including phenoxy) is 1. The van der Waals surface area contributed by atoms with Crippen LogP contribution in [-0.2, 0) is 0 Å². The maximum atomic E-state index is 12.2. The fourth-order valence-electron chi connectivity index (χ4n) is 0.812. The highest BCUT2D eigenvalue weighted by Crippen LogP contribution is 2.30. The molecule has 0 aliphatic heterocycles. The second kappa shape index (κ2) is 3.85. The van der Waals surface area contributed by atoms with Gasteiger partial charge < -0.3 is 4.74 Å². The lowest BCUT2D eigenvalue weighted by molar-refractivity contribution is 0.150. The van der Waals surface area contributed by atoms with Gasteiger partial charge in [-0.3, -0.25) is 0 Å². The molecule has 0 unspecified atom stereocenters. The minimum Gasteiger partial charge on any atom is -0.497 e. The van der Waals surface area contributed by atoms with Gasteiger partial charge in [0.2, 0.25) is 0 Å². The van der Waals surface area contributed by atoms with Gasteiger partial charge in [-0.2, -0.15) is 0 Å². The number of hydrogen-bond acceptors (Lipinski definition) is 1. The lowest BCUT2D eigenvalue weighted by atomic mass is 10.2. The maximum Gasteiger partial charge on any atom is 0.264 e. The van der Waals surface area contributed by atoms with Crippen molar-refractivity contribution in [2.45, 2.75) is 6.43 Å². The molecule has 66 valence electrons. The molecule has 1 nitrogen and oxygen atoms in total. The second-order valence-corrected chi connectivity index (χ2v) is 3.04. The Morgan fingerprint density at radius 2 is 2.08 bits per heavy atom. The van der Waals surface area contributed by atoms with E-state index in [1.54, 1.807) is 0 Å². The van der Waals surface area contributed by atoms with E-state index in [4.69, 9.17) is 4.74 Å². The lowest BCUT2D eigenvalue weighted by Crippen LogP contribution is -1.88. The summed E-state index contributed by atoms with van der Waals surface area (Å²) in [6, 6.07) is 4.36. The van der Waals surface area contributed by atoms with Crippen LogP contribution in [0.2, 0.25) is 0 Å². The molecule has 12 heavy (non-hydrogen) atoms. The van der Waals surface area contributed by atoms with Crippen LogP contribution in [0.3, 0.4) is 0 Å². The average Bonchev–Trinajstić information content (AvgIpc) is 2.03. The van der Waals surface area contributed by atoms with Crippen LogP contribution in [0.1, 0.15) is 12.0 Å². The molecular weight excluding hydrogens is 230 g/mol. The molecule has 1 rings (SSSR count). The monoisotopic (exact) mass is 236 g/mol. The number of benzene rings is 1. The molecule has 0 aliphatic carbocycles. The quantitative estimate of drug-likeness (QED) is 0.765. The molecule has 0 amide bonds. The molecular formula is C8H7BrF2O. The second-order valence-electron chi connectivity index (χ2n) is 2.19. The molecule has 4 heteroatoms. The van der Waals surface area contributed by atoms with Crippen molar-refractivity contribution in [1.29, 1.82) is 0 Å². The van der Waals surface area contributed by atoms with Crippen LogP contribution < -0.4 is 4.74 Å². The third kappa shape index (κ3) is 1.94. The predicted molar refractivity (Wildman–Crippen MR) is 45.7 cm³/mol. The topological polar surface area (TPSA) is 9.23 Å². The van der Waals surface area contributed by atoms with Gasteiger partial charge in [0.25, 0.3) is 6.43 Å². The largest absolute Gasteiger partial charge is 0.497 e. The first-order valence-corrected chi connectivity index (χ1v) is 4.06. The Hall–Kier alpha value is -0.640. The Morgan fingerprint density at radius 3 is 2.50 bits per heavy atom. The number of halogens is 3. The van der Waals surface area contributed by atoms with Crippen LogP contribution in [-0.4, -0.2) is 7.11 Å². The number of methoxy groups -OCH3 is 1. The summed E-state index contributed by atoms with van der Waals surface area (Å²) in [4.78, 5) is 0. The smallest absolute Gasteiger partial charge is 0.264 e. The van der Waals surface area contributed by atoms with Crippen molar-refractivity contribution in [2.24, 2.45) is 0 Å². The first kappa shape index (κ1) is 9.45. The standard InChI is InChI=1S/C8H7BrF2O/c1-12-5-2-3-6(8(10)11)7(9)4-5/h2-4,8H,1H3. The summed E-state index contributed by atoms with van der Waals surface area (Å²) in [5.41, 5.74) is -0.0178. The summed E-state index contributed by atoms with van der Waals surface area (Å²) in [6.07, 6.45) is -2.45. The van der Waals surface area contributed by atoms with Crippen LogP contribution in [0, 0.1) is 0 Å². The molecule has 1 aromatic rings. The number of rotatable bonds is 2. The first-order valence-electron chi connectivity index (χ1n) is 3.26. The normalized spacial score (nSPS) is 10.4. The van der Waals surface area contributed by atoms with Gasteiger partial charge in [0.15, 0.2) is 0 Å². The summed E-state index contributed by atoms with van der Waals surface area (Å²) < 4.78 is 29.6. The molecule has 0 atom stereocenters. The van der Waals surface area contributed by atoms with Crippen molar-refractivity contribution >= 4 is 15.9 Å². The predicted octanol–water partition coefficient (Wildman–Crippen LogP) is 3.40. The molecule has 0 heterocycles. The van der Waals surface area contributed by atoms with Crippen LogP contribution in [0.4, 0.5) is 8.78 Å². The summed E-state index contributed by atoms with van der Waals surface area (Å²) in [7, 11) is 1.49. The van der Waals surface area contributed by atoms with Gasteiger partial charge in [-0.1, -0.05) is 15.9 Å². The zero-order valence-corrected chi connectivity index (χ0v) is 7.94. The molecule has 0 saturated carbocycles. The van der Waals surface area contributed by atoms with E-state index in [0.29, 0.717) is 10.2 Å². The van der Waals surface area contributed by atoms with Gasteiger partial charge in [0, 0.05) is 10.0 Å². The number of hydrogen-bond donors (Lipinski definition) is 0. The van der Waals surface area contributed by atoms with E-state index >= 15 is 0 Å². The SMILES string of the molecule is COc1ccc(C(F)F)c(Br)c1. The van der Waals surface area contributed by atoms with Crippen LogP contribution >= 0.6 is 15.9 Å². The van der Waals surface area contributed by atoms with Crippen molar-refractivity contribution in [2.75, 3.05) is 7.11 Å². The summed E-state index contributed by atoms with van der Waals surface area (Å²) in [6.45, 7) is 0. The highest BCUT2D eigenvalue weighted by molar-refractivity contribution is 9.10. The molecule has 0 aromatic heterocycles. The molecule has 0 fully saturated rings. The third-order valence-electron chi connectivity index (χ3n) is 1.44. The summed E-state index contributed by atoms with van der Waals surface area (Å²) in [5, 5.41) is 0. The van der Waals surface area contributed by atoms with Gasteiger partial charge in [-0.15, -0.1) is 0 Å². The molecule has 0 aliphatic rings. The fourth-order valence-corrected chi connectivity index (χ4v) is 1.34. The molecule has 1 aromatic carbocycles. The minimum absolute atomic E-state index is 0.0178. The van der Waals surface area contributed by atoms with E-state index in [0.717, 1.165) is 0 Å². The van der Waals surface area contributed by atoms with E-state index < -0.39 is 6.43 Å². The Bertz CT molecular complexity index is 276. The summed E-state index contributed by atoms with van der Waals surface area (Å²) >= 11 is 3.03. The van der Waals surface area contributed by atoms with E-state index in [1.165, 1.54) is 25.3 Å². The van der Waals surface area contributed by atoms with Crippen LogP contribution in [0.5, 0.6) is 5.75 Å². The molecule has 0 saturated heterocycles. The van der Waals surface area contributed by atoms with E-state index in [1.807, 2.05) is 0 Å². The van der Waals surface area contributed by atoms with Crippen LogP contribution in [0.25, 0.3) is 0 Å². The van der Waals surface area contributed by atoms with Gasteiger partial charge in [0.05, 0.1) is 7.11 Å². The Labute approximate surface area is 77.5 Å². The zero-order valence-electron chi connectivity index (χ0n) is 6.35. The van der Waals surface area contributed by atoms with E-state index in [-0.39, 0.29) is 5.56 Å². The van der Waals surface area contributed by atoms with Crippen LogP contribution in [0.15, 0.2) is 22.7 Å². The van der Waals surface area contributed by atoms with Crippen molar-refractivity contribution in [3.05, 3.63) is 28.2 Å². The van der Waals surface area contributed by atoms with Gasteiger partial charge in [-0.25, -0.2) is 8.78 Å². The molecule has 0 bridgehead atoms. The number of alkyl halides is 2. The van der Waals surface area contributed by atoms with Gasteiger partial charge >= 0.3 is 0 Å². The highest BCUT2D eigenvalue weighted by Gasteiger charge is 2.11. The van der Waals surface area contributed by atoms with E-state index in [2.05, 4.69) is 15.9 Å². The highest BCUT2D eigenvalue weighted by atomic mass is 79.9.